The first-order valence-electron chi connectivity index (χ1n) is 5.98. The van der Waals surface area contributed by atoms with Crippen LogP contribution in [-0.2, 0) is 13.0 Å². The third-order valence-corrected chi connectivity index (χ3v) is 2.79. The molecule has 0 bridgehead atoms. The fraction of sp³-hybridized carbons (Fsp3) is 0.200. The van der Waals surface area contributed by atoms with E-state index in [1.165, 1.54) is 5.56 Å². The molecular formula is C15H17NO2. The molecule has 18 heavy (non-hydrogen) atoms. The Morgan fingerprint density at radius 2 is 1.94 bits per heavy atom. The summed E-state index contributed by atoms with van der Waals surface area (Å²) < 4.78 is 5.64. The molecule has 0 unspecified atom stereocenters. The van der Waals surface area contributed by atoms with Crippen molar-refractivity contribution >= 4 is 5.69 Å². The highest BCUT2D eigenvalue weighted by atomic mass is 16.5. The van der Waals surface area contributed by atoms with E-state index in [1.54, 1.807) is 18.2 Å². The van der Waals surface area contributed by atoms with Crippen LogP contribution >= 0.6 is 0 Å². The molecule has 3 N–H and O–H groups in total. The highest BCUT2D eigenvalue weighted by Gasteiger charge is 2.02. The van der Waals surface area contributed by atoms with Gasteiger partial charge in [-0.25, -0.2) is 0 Å². The summed E-state index contributed by atoms with van der Waals surface area (Å²) in [4.78, 5) is 0. The van der Waals surface area contributed by atoms with Crippen molar-refractivity contribution < 1.29 is 9.84 Å². The second-order valence-corrected chi connectivity index (χ2v) is 4.18. The molecule has 0 heterocycles. The lowest BCUT2D eigenvalue weighted by Crippen LogP contribution is -1.99. The van der Waals surface area contributed by atoms with E-state index >= 15 is 0 Å². The smallest absolute Gasteiger partial charge is 0.142 e. The summed E-state index contributed by atoms with van der Waals surface area (Å²) in [7, 11) is 0. The summed E-state index contributed by atoms with van der Waals surface area (Å²) in [6, 6.07) is 12.8. The van der Waals surface area contributed by atoms with Gasteiger partial charge in [0.05, 0.1) is 5.69 Å². The van der Waals surface area contributed by atoms with Gasteiger partial charge in [-0.3, -0.25) is 0 Å². The van der Waals surface area contributed by atoms with Crippen molar-refractivity contribution in [2.45, 2.75) is 20.0 Å². The lowest BCUT2D eigenvalue weighted by Gasteiger charge is -2.10. The number of rotatable bonds is 4. The van der Waals surface area contributed by atoms with Crippen LogP contribution in [0.2, 0.25) is 0 Å². The Morgan fingerprint density at radius 3 is 2.61 bits per heavy atom. The summed E-state index contributed by atoms with van der Waals surface area (Å²) in [5.41, 5.74) is 8.67. The number of nitrogen functional groups attached to an aromatic ring is 1. The maximum Gasteiger partial charge on any atom is 0.142 e. The van der Waals surface area contributed by atoms with Crippen LogP contribution in [-0.4, -0.2) is 5.11 Å². The van der Waals surface area contributed by atoms with Gasteiger partial charge in [-0.15, -0.1) is 0 Å². The van der Waals surface area contributed by atoms with E-state index in [4.69, 9.17) is 10.5 Å². The Bertz CT molecular complexity index is 538. The van der Waals surface area contributed by atoms with Crippen molar-refractivity contribution in [1.29, 1.82) is 0 Å². The number of hydrogen-bond acceptors (Lipinski definition) is 3. The first-order chi connectivity index (χ1) is 8.69. The Hall–Kier alpha value is -2.16. The van der Waals surface area contributed by atoms with Gasteiger partial charge in [0, 0.05) is 0 Å². The number of nitrogens with two attached hydrogens (primary N) is 1. The fourth-order valence-corrected chi connectivity index (χ4v) is 1.76. The third-order valence-electron chi connectivity index (χ3n) is 2.79. The SMILES string of the molecule is CCc1ccc(OCc2cccc(O)c2)c(N)c1. The Balaban J connectivity index is 2.06. The number of ether oxygens (including phenoxy) is 1. The molecular weight excluding hydrogens is 226 g/mol. The maximum atomic E-state index is 9.35. The summed E-state index contributed by atoms with van der Waals surface area (Å²) in [5.74, 6) is 0.918. The van der Waals surface area contributed by atoms with Gasteiger partial charge in [0.15, 0.2) is 0 Å². The monoisotopic (exact) mass is 243 g/mol. The van der Waals surface area contributed by atoms with Gasteiger partial charge >= 0.3 is 0 Å². The van der Waals surface area contributed by atoms with E-state index < -0.39 is 0 Å². The van der Waals surface area contributed by atoms with Gasteiger partial charge in [-0.05, 0) is 41.8 Å². The molecule has 2 aromatic rings. The van der Waals surface area contributed by atoms with E-state index in [0.29, 0.717) is 18.0 Å². The topological polar surface area (TPSA) is 55.5 Å². The Morgan fingerprint density at radius 1 is 1.11 bits per heavy atom. The van der Waals surface area contributed by atoms with Crippen LogP contribution in [0.5, 0.6) is 11.5 Å². The van der Waals surface area contributed by atoms with Gasteiger partial charge < -0.3 is 15.6 Å². The molecule has 0 fully saturated rings. The molecule has 0 aliphatic rings. The van der Waals surface area contributed by atoms with Gasteiger partial charge in [0.1, 0.15) is 18.1 Å². The zero-order valence-electron chi connectivity index (χ0n) is 10.4. The van der Waals surface area contributed by atoms with Crippen LogP contribution in [0.25, 0.3) is 0 Å². The van der Waals surface area contributed by atoms with Crippen molar-refractivity contribution in [3.05, 3.63) is 53.6 Å². The van der Waals surface area contributed by atoms with Crippen molar-refractivity contribution in [3.8, 4) is 11.5 Å². The molecule has 0 aliphatic heterocycles. The van der Waals surface area contributed by atoms with Crippen molar-refractivity contribution in [2.75, 3.05) is 5.73 Å². The molecule has 0 saturated carbocycles. The predicted octanol–water partition coefficient (Wildman–Crippen LogP) is 3.12. The average Bonchev–Trinajstić information content (AvgIpc) is 2.37. The van der Waals surface area contributed by atoms with Crippen LogP contribution < -0.4 is 10.5 Å². The van der Waals surface area contributed by atoms with Crippen LogP contribution in [0.4, 0.5) is 5.69 Å². The van der Waals surface area contributed by atoms with Crippen molar-refractivity contribution in [2.24, 2.45) is 0 Å². The minimum atomic E-state index is 0.241. The van der Waals surface area contributed by atoms with Crippen LogP contribution in [0.3, 0.4) is 0 Å². The molecule has 0 aromatic heterocycles. The lowest BCUT2D eigenvalue weighted by atomic mass is 10.1. The molecule has 0 aliphatic carbocycles. The van der Waals surface area contributed by atoms with Crippen molar-refractivity contribution in [1.82, 2.24) is 0 Å². The maximum absolute atomic E-state index is 9.35. The summed E-state index contributed by atoms with van der Waals surface area (Å²) in [6.45, 7) is 2.48. The highest BCUT2D eigenvalue weighted by molar-refractivity contribution is 5.54. The summed E-state index contributed by atoms with van der Waals surface area (Å²) in [6.07, 6.45) is 0.955. The molecule has 2 rings (SSSR count). The Kier molecular flexibility index (Phi) is 3.72. The number of hydrogen-bond donors (Lipinski definition) is 2. The fourth-order valence-electron chi connectivity index (χ4n) is 1.76. The predicted molar refractivity (Wildman–Crippen MR) is 72.7 cm³/mol. The number of aryl methyl sites for hydroxylation is 1. The standard InChI is InChI=1S/C15H17NO2/c1-2-11-6-7-15(14(16)9-11)18-10-12-4-3-5-13(17)8-12/h3-9,17H,2,10,16H2,1H3. The largest absolute Gasteiger partial charge is 0.508 e. The quantitative estimate of drug-likeness (QED) is 0.811. The zero-order valence-corrected chi connectivity index (χ0v) is 10.4. The molecule has 0 saturated heterocycles. The van der Waals surface area contributed by atoms with Crippen LogP contribution in [0.1, 0.15) is 18.1 Å². The third kappa shape index (κ3) is 2.94. The number of aromatic hydroxyl groups is 1. The van der Waals surface area contributed by atoms with E-state index in [9.17, 15) is 5.11 Å². The molecule has 0 amide bonds. The second kappa shape index (κ2) is 5.45. The molecule has 94 valence electrons. The minimum Gasteiger partial charge on any atom is -0.508 e. The molecule has 0 spiro atoms. The normalized spacial score (nSPS) is 10.3. The number of phenols is 1. The highest BCUT2D eigenvalue weighted by Crippen LogP contribution is 2.24. The molecule has 2 aromatic carbocycles. The molecule has 0 radical (unpaired) electrons. The first-order valence-corrected chi connectivity index (χ1v) is 5.98. The van der Waals surface area contributed by atoms with E-state index in [0.717, 1.165) is 12.0 Å². The van der Waals surface area contributed by atoms with Crippen LogP contribution in [0, 0.1) is 0 Å². The number of phenolic OH excluding ortho intramolecular Hbond substituents is 1. The average molecular weight is 243 g/mol. The second-order valence-electron chi connectivity index (χ2n) is 4.18. The van der Waals surface area contributed by atoms with E-state index in [2.05, 4.69) is 6.92 Å². The lowest BCUT2D eigenvalue weighted by molar-refractivity contribution is 0.307. The van der Waals surface area contributed by atoms with Crippen molar-refractivity contribution in [3.63, 3.8) is 0 Å². The summed E-state index contributed by atoms with van der Waals surface area (Å²) in [5, 5.41) is 9.35. The van der Waals surface area contributed by atoms with E-state index in [1.807, 2.05) is 24.3 Å². The van der Waals surface area contributed by atoms with Gasteiger partial charge in [-0.2, -0.15) is 0 Å². The molecule has 3 nitrogen and oxygen atoms in total. The number of anilines is 1. The van der Waals surface area contributed by atoms with Crippen LogP contribution in [0.15, 0.2) is 42.5 Å². The Labute approximate surface area is 107 Å². The molecule has 3 heteroatoms. The van der Waals surface area contributed by atoms with Gasteiger partial charge in [-0.1, -0.05) is 25.1 Å². The van der Waals surface area contributed by atoms with E-state index in [-0.39, 0.29) is 5.75 Å². The summed E-state index contributed by atoms with van der Waals surface area (Å²) >= 11 is 0. The first kappa shape index (κ1) is 12.3. The minimum absolute atomic E-state index is 0.241. The zero-order chi connectivity index (χ0) is 13.0. The number of benzene rings is 2. The van der Waals surface area contributed by atoms with Gasteiger partial charge in [0.25, 0.3) is 0 Å². The molecule has 0 atom stereocenters. The van der Waals surface area contributed by atoms with Gasteiger partial charge in [0.2, 0.25) is 0 Å².